The second-order valence-corrected chi connectivity index (χ2v) is 9.37. The van der Waals surface area contributed by atoms with Crippen LogP contribution in [0.4, 0.5) is 17.1 Å². The van der Waals surface area contributed by atoms with Crippen molar-refractivity contribution in [1.82, 2.24) is 0 Å². The maximum Gasteiger partial charge on any atom is 0.339 e. The van der Waals surface area contributed by atoms with Crippen molar-refractivity contribution in [2.75, 3.05) is 17.1 Å². The molecule has 7 nitrogen and oxygen atoms in total. The summed E-state index contributed by atoms with van der Waals surface area (Å²) in [6, 6.07) is 10.4. The molecule has 0 saturated carbocycles. The van der Waals surface area contributed by atoms with E-state index in [1.807, 2.05) is 0 Å². The molecular weight excluding hydrogens is 459 g/mol. The van der Waals surface area contributed by atoms with Gasteiger partial charge in [0.1, 0.15) is 15.5 Å². The lowest BCUT2D eigenvalue weighted by molar-refractivity contribution is 0.0693. The van der Waals surface area contributed by atoms with Crippen LogP contribution in [0.5, 0.6) is 5.75 Å². The maximum atomic E-state index is 12.6. The molecule has 2 aromatic carbocycles. The third-order valence-electron chi connectivity index (χ3n) is 3.77. The highest BCUT2D eigenvalue weighted by molar-refractivity contribution is 7.94. The predicted octanol–water partition coefficient (Wildman–Crippen LogP) is 5.31. The van der Waals surface area contributed by atoms with E-state index in [4.69, 9.17) is 27.9 Å². The molecule has 0 spiro atoms. The number of hydrogen-bond donors (Lipinski definition) is 3. The molecule has 152 valence electrons. The Hall–Kier alpha value is -2.46. The van der Waals surface area contributed by atoms with Gasteiger partial charge in [0.05, 0.1) is 28.5 Å². The van der Waals surface area contributed by atoms with Crippen molar-refractivity contribution in [1.29, 1.82) is 0 Å². The SMILES string of the molecule is COc1ccc(Nc2cc(Cl)c(Cl)cc2NS(=O)(=O)c2cccs2)cc1C(=O)O. The van der Waals surface area contributed by atoms with E-state index >= 15 is 0 Å². The van der Waals surface area contributed by atoms with Crippen LogP contribution in [0.15, 0.2) is 52.1 Å². The van der Waals surface area contributed by atoms with E-state index in [9.17, 15) is 18.3 Å². The molecule has 0 radical (unpaired) electrons. The summed E-state index contributed by atoms with van der Waals surface area (Å²) in [6.45, 7) is 0. The Balaban J connectivity index is 2.01. The molecular formula is C18H14Cl2N2O5S2. The van der Waals surface area contributed by atoms with Gasteiger partial charge in [-0.2, -0.15) is 0 Å². The molecule has 11 heteroatoms. The molecule has 3 N–H and O–H groups in total. The van der Waals surface area contributed by atoms with Crippen LogP contribution in [0, 0.1) is 0 Å². The van der Waals surface area contributed by atoms with Gasteiger partial charge in [-0.25, -0.2) is 13.2 Å². The Morgan fingerprint density at radius 1 is 1.10 bits per heavy atom. The van der Waals surface area contributed by atoms with Crippen molar-refractivity contribution in [2.45, 2.75) is 4.21 Å². The lowest BCUT2D eigenvalue weighted by atomic mass is 10.1. The summed E-state index contributed by atoms with van der Waals surface area (Å²) < 4.78 is 32.8. The van der Waals surface area contributed by atoms with Crippen molar-refractivity contribution in [3.63, 3.8) is 0 Å². The highest BCUT2D eigenvalue weighted by Gasteiger charge is 2.19. The molecule has 0 unspecified atom stereocenters. The second-order valence-electron chi connectivity index (χ2n) is 5.69. The van der Waals surface area contributed by atoms with Gasteiger partial charge in [0.25, 0.3) is 10.0 Å². The summed E-state index contributed by atoms with van der Waals surface area (Å²) >= 11 is 13.2. The minimum atomic E-state index is -3.83. The molecule has 0 aliphatic carbocycles. The van der Waals surface area contributed by atoms with Crippen LogP contribution in [-0.4, -0.2) is 26.6 Å². The maximum absolute atomic E-state index is 12.6. The summed E-state index contributed by atoms with van der Waals surface area (Å²) in [7, 11) is -2.47. The summed E-state index contributed by atoms with van der Waals surface area (Å²) in [4.78, 5) is 11.4. The van der Waals surface area contributed by atoms with Gasteiger partial charge in [-0.05, 0) is 41.8 Å². The Kier molecular flexibility index (Phi) is 6.23. The number of rotatable bonds is 7. The molecule has 1 aromatic heterocycles. The van der Waals surface area contributed by atoms with Gasteiger partial charge in [-0.3, -0.25) is 4.72 Å². The molecule has 0 saturated heterocycles. The molecule has 1 heterocycles. The number of sulfonamides is 1. The van der Waals surface area contributed by atoms with E-state index in [1.165, 1.54) is 37.4 Å². The smallest absolute Gasteiger partial charge is 0.339 e. The van der Waals surface area contributed by atoms with E-state index in [1.54, 1.807) is 17.5 Å². The third kappa shape index (κ3) is 4.76. The van der Waals surface area contributed by atoms with Gasteiger partial charge < -0.3 is 15.2 Å². The number of anilines is 3. The molecule has 29 heavy (non-hydrogen) atoms. The Labute approximate surface area is 180 Å². The molecule has 0 amide bonds. The molecule has 0 fully saturated rings. The van der Waals surface area contributed by atoms with Gasteiger partial charge in [0.2, 0.25) is 0 Å². The first-order chi connectivity index (χ1) is 13.7. The molecule has 3 rings (SSSR count). The average molecular weight is 473 g/mol. The van der Waals surface area contributed by atoms with Crippen molar-refractivity contribution >= 4 is 67.6 Å². The first-order valence-electron chi connectivity index (χ1n) is 7.95. The largest absolute Gasteiger partial charge is 0.496 e. The van der Waals surface area contributed by atoms with Crippen LogP contribution in [-0.2, 0) is 10.0 Å². The summed E-state index contributed by atoms with van der Waals surface area (Å²) in [5.74, 6) is -0.978. The van der Waals surface area contributed by atoms with Crippen molar-refractivity contribution in [2.24, 2.45) is 0 Å². The van der Waals surface area contributed by atoms with E-state index in [2.05, 4.69) is 10.0 Å². The number of aromatic carboxylic acids is 1. The topological polar surface area (TPSA) is 105 Å². The fourth-order valence-corrected chi connectivity index (χ4v) is 4.85. The summed E-state index contributed by atoms with van der Waals surface area (Å²) in [6.07, 6.45) is 0. The monoisotopic (exact) mass is 472 g/mol. The molecule has 0 aliphatic rings. The summed E-state index contributed by atoms with van der Waals surface area (Å²) in [5, 5.41) is 14.3. The zero-order chi connectivity index (χ0) is 21.2. The highest BCUT2D eigenvalue weighted by Crippen LogP contribution is 2.36. The van der Waals surface area contributed by atoms with Crippen LogP contribution in [0.25, 0.3) is 0 Å². The predicted molar refractivity (Wildman–Crippen MR) is 115 cm³/mol. The van der Waals surface area contributed by atoms with Gasteiger partial charge in [0, 0.05) is 5.69 Å². The summed E-state index contributed by atoms with van der Waals surface area (Å²) in [5.41, 5.74) is 0.776. The number of halogens is 2. The number of carboxylic acids is 1. The number of thiophene rings is 1. The van der Waals surface area contributed by atoms with Gasteiger partial charge in [0.15, 0.2) is 0 Å². The first-order valence-corrected chi connectivity index (χ1v) is 11.1. The van der Waals surface area contributed by atoms with Crippen LogP contribution >= 0.6 is 34.5 Å². The number of nitrogens with one attached hydrogen (secondary N) is 2. The van der Waals surface area contributed by atoms with Gasteiger partial charge in [-0.1, -0.05) is 29.3 Å². The molecule has 0 bridgehead atoms. The highest BCUT2D eigenvalue weighted by atomic mass is 35.5. The molecule has 3 aromatic rings. The minimum absolute atomic E-state index is 0.0572. The van der Waals surface area contributed by atoms with Gasteiger partial charge >= 0.3 is 5.97 Å². The number of carboxylic acid groups (broad SMARTS) is 1. The van der Waals surface area contributed by atoms with Gasteiger partial charge in [-0.15, -0.1) is 11.3 Å². The lowest BCUT2D eigenvalue weighted by Crippen LogP contribution is -2.13. The quantitative estimate of drug-likeness (QED) is 0.430. The Morgan fingerprint density at radius 2 is 1.79 bits per heavy atom. The van der Waals surface area contributed by atoms with Crippen LogP contribution in [0.1, 0.15) is 10.4 Å². The van der Waals surface area contributed by atoms with E-state index in [0.717, 1.165) is 11.3 Å². The zero-order valence-electron chi connectivity index (χ0n) is 14.8. The van der Waals surface area contributed by atoms with E-state index in [-0.39, 0.29) is 31.3 Å². The Bertz CT molecular complexity index is 1170. The first kappa shape index (κ1) is 21.3. The minimum Gasteiger partial charge on any atom is -0.496 e. The van der Waals surface area contributed by atoms with Crippen molar-refractivity contribution in [3.8, 4) is 5.75 Å². The fraction of sp³-hybridized carbons (Fsp3) is 0.0556. The molecule has 0 aliphatic heterocycles. The lowest BCUT2D eigenvalue weighted by Gasteiger charge is -2.16. The van der Waals surface area contributed by atoms with Crippen LogP contribution < -0.4 is 14.8 Å². The number of methoxy groups -OCH3 is 1. The third-order valence-corrected chi connectivity index (χ3v) is 7.26. The number of hydrogen-bond acceptors (Lipinski definition) is 6. The number of ether oxygens (including phenoxy) is 1. The average Bonchev–Trinajstić information content (AvgIpc) is 3.21. The fourth-order valence-electron chi connectivity index (χ4n) is 2.45. The van der Waals surface area contributed by atoms with Crippen LogP contribution in [0.2, 0.25) is 10.0 Å². The Morgan fingerprint density at radius 3 is 2.38 bits per heavy atom. The second kappa shape index (κ2) is 8.50. The molecule has 0 atom stereocenters. The van der Waals surface area contributed by atoms with E-state index in [0.29, 0.717) is 11.4 Å². The number of carbonyl (C=O) groups is 1. The number of benzene rings is 2. The normalized spacial score (nSPS) is 11.1. The van der Waals surface area contributed by atoms with E-state index < -0.39 is 16.0 Å². The van der Waals surface area contributed by atoms with Crippen molar-refractivity contribution in [3.05, 3.63) is 63.5 Å². The zero-order valence-corrected chi connectivity index (χ0v) is 17.9. The standard InChI is InChI=1S/C18H14Cl2N2O5S2/c1-27-16-5-4-10(7-11(16)18(23)24)21-14-8-12(19)13(20)9-15(14)22-29(25,26)17-3-2-6-28-17/h2-9,21-22H,1H3,(H,23,24). The van der Waals surface area contributed by atoms with Crippen molar-refractivity contribution < 1.29 is 23.1 Å². The van der Waals surface area contributed by atoms with Crippen LogP contribution in [0.3, 0.4) is 0 Å².